The third kappa shape index (κ3) is 3.17. The topological polar surface area (TPSA) is 51.4 Å². The minimum absolute atomic E-state index is 0.268. The Morgan fingerprint density at radius 2 is 2.31 bits per heavy atom. The van der Waals surface area contributed by atoms with Crippen LogP contribution in [0, 0.1) is 0 Å². The van der Waals surface area contributed by atoms with E-state index in [0.717, 1.165) is 15.9 Å². The first-order valence-corrected chi connectivity index (χ1v) is 5.95. The van der Waals surface area contributed by atoms with Crippen molar-refractivity contribution >= 4 is 21.7 Å². The fraction of sp³-hybridized carbons (Fsp3) is 0.545. The second kappa shape index (κ2) is 6.18. The van der Waals surface area contributed by atoms with Gasteiger partial charge in [0.2, 0.25) is 0 Å². The lowest BCUT2D eigenvalue weighted by Gasteiger charge is -2.27. The molecular formula is C11H18BrN3O. The predicted octanol–water partition coefficient (Wildman–Crippen LogP) is 1.77. The highest BCUT2D eigenvalue weighted by Crippen LogP contribution is 2.21. The number of pyridine rings is 1. The lowest BCUT2D eigenvalue weighted by molar-refractivity contribution is 0.183. The molecule has 0 bridgehead atoms. The van der Waals surface area contributed by atoms with Crippen LogP contribution in [0.2, 0.25) is 0 Å². The number of ether oxygens (including phenoxy) is 1. The number of nitrogens with zero attached hydrogens (tertiary/aromatic N) is 2. The largest absolute Gasteiger partial charge is 0.383 e. The van der Waals surface area contributed by atoms with Crippen molar-refractivity contribution in [3.63, 3.8) is 0 Å². The number of nitrogens with two attached hydrogens (primary N) is 1. The second-order valence-corrected chi connectivity index (χ2v) is 4.67. The van der Waals surface area contributed by atoms with Gasteiger partial charge in [0.05, 0.1) is 12.6 Å². The fourth-order valence-corrected chi connectivity index (χ4v) is 1.88. The van der Waals surface area contributed by atoms with Crippen LogP contribution in [-0.2, 0) is 11.3 Å². The van der Waals surface area contributed by atoms with Crippen molar-refractivity contribution < 1.29 is 4.74 Å². The molecular weight excluding hydrogens is 270 g/mol. The van der Waals surface area contributed by atoms with Crippen LogP contribution in [0.25, 0.3) is 0 Å². The molecule has 1 unspecified atom stereocenters. The van der Waals surface area contributed by atoms with E-state index < -0.39 is 0 Å². The first kappa shape index (κ1) is 13.4. The maximum atomic E-state index is 5.71. The summed E-state index contributed by atoms with van der Waals surface area (Å²) in [5, 5.41) is 0. The normalized spacial score (nSPS) is 12.6. The molecule has 0 amide bonds. The highest BCUT2D eigenvalue weighted by Gasteiger charge is 2.14. The van der Waals surface area contributed by atoms with Crippen LogP contribution in [0.4, 0.5) is 5.82 Å². The van der Waals surface area contributed by atoms with Crippen molar-refractivity contribution in [3.8, 4) is 0 Å². The Hall–Kier alpha value is -0.650. The van der Waals surface area contributed by atoms with Gasteiger partial charge in [-0.3, -0.25) is 0 Å². The van der Waals surface area contributed by atoms with Crippen LogP contribution in [0.3, 0.4) is 0 Å². The van der Waals surface area contributed by atoms with Gasteiger partial charge in [-0.15, -0.1) is 0 Å². The quantitative estimate of drug-likeness (QED) is 0.897. The second-order valence-electron chi connectivity index (χ2n) is 3.76. The van der Waals surface area contributed by atoms with Crippen LogP contribution < -0.4 is 10.6 Å². The van der Waals surface area contributed by atoms with Gasteiger partial charge in [-0.05, 0) is 28.9 Å². The van der Waals surface area contributed by atoms with Crippen molar-refractivity contribution in [1.82, 2.24) is 4.98 Å². The zero-order valence-corrected chi connectivity index (χ0v) is 11.5. The maximum Gasteiger partial charge on any atom is 0.133 e. The van der Waals surface area contributed by atoms with Crippen molar-refractivity contribution in [1.29, 1.82) is 0 Å². The molecule has 90 valence electrons. The molecule has 1 aromatic rings. The lowest BCUT2D eigenvalue weighted by atomic mass is 10.2. The molecule has 0 aliphatic rings. The zero-order valence-electron chi connectivity index (χ0n) is 9.90. The Balaban J connectivity index is 2.93. The fourth-order valence-electron chi connectivity index (χ4n) is 1.50. The lowest BCUT2D eigenvalue weighted by Crippen LogP contribution is -2.34. The van der Waals surface area contributed by atoms with E-state index in [1.807, 2.05) is 13.1 Å². The summed E-state index contributed by atoms with van der Waals surface area (Å²) in [6, 6.07) is 2.27. The first-order valence-electron chi connectivity index (χ1n) is 5.16. The van der Waals surface area contributed by atoms with Crippen molar-refractivity contribution in [2.24, 2.45) is 5.73 Å². The average molecular weight is 288 g/mol. The molecule has 0 aliphatic carbocycles. The van der Waals surface area contributed by atoms with E-state index in [1.54, 1.807) is 13.3 Å². The van der Waals surface area contributed by atoms with Crippen molar-refractivity contribution in [2.75, 3.05) is 25.7 Å². The average Bonchev–Trinajstić information content (AvgIpc) is 2.28. The zero-order chi connectivity index (χ0) is 12.1. The Bertz CT molecular complexity index is 346. The summed E-state index contributed by atoms with van der Waals surface area (Å²) in [6.45, 7) is 3.23. The van der Waals surface area contributed by atoms with E-state index in [9.17, 15) is 0 Å². The molecule has 0 fully saturated rings. The highest BCUT2D eigenvalue weighted by atomic mass is 79.9. The minimum atomic E-state index is 0.268. The SMILES string of the molecule is COCC(C)N(C)c1ncc(Br)cc1CN. The van der Waals surface area contributed by atoms with E-state index >= 15 is 0 Å². The van der Waals surface area contributed by atoms with Gasteiger partial charge in [-0.25, -0.2) is 4.98 Å². The third-order valence-electron chi connectivity index (χ3n) is 2.53. The molecule has 0 aliphatic heterocycles. The Labute approximate surface area is 105 Å². The van der Waals surface area contributed by atoms with Crippen LogP contribution in [0.5, 0.6) is 0 Å². The number of aromatic nitrogens is 1. The molecule has 0 spiro atoms. The van der Waals surface area contributed by atoms with E-state index in [4.69, 9.17) is 10.5 Å². The number of rotatable bonds is 5. The summed E-state index contributed by atoms with van der Waals surface area (Å²) in [5.74, 6) is 0.912. The Morgan fingerprint density at radius 1 is 1.62 bits per heavy atom. The highest BCUT2D eigenvalue weighted by molar-refractivity contribution is 9.10. The molecule has 4 nitrogen and oxygen atoms in total. The number of hydrogen-bond acceptors (Lipinski definition) is 4. The molecule has 0 saturated heterocycles. The number of likely N-dealkylation sites (N-methyl/N-ethyl adjacent to an activating group) is 1. The van der Waals surface area contributed by atoms with Gasteiger partial charge in [-0.2, -0.15) is 0 Å². The monoisotopic (exact) mass is 287 g/mol. The van der Waals surface area contributed by atoms with Gasteiger partial charge in [0.1, 0.15) is 5.82 Å². The van der Waals surface area contributed by atoms with Gasteiger partial charge in [0, 0.05) is 36.9 Å². The number of halogens is 1. The molecule has 16 heavy (non-hydrogen) atoms. The van der Waals surface area contributed by atoms with Crippen LogP contribution in [0.15, 0.2) is 16.7 Å². The van der Waals surface area contributed by atoms with Crippen molar-refractivity contribution in [3.05, 3.63) is 22.3 Å². The number of anilines is 1. The molecule has 0 aromatic carbocycles. The maximum absolute atomic E-state index is 5.71. The van der Waals surface area contributed by atoms with Crippen LogP contribution in [0.1, 0.15) is 12.5 Å². The van der Waals surface area contributed by atoms with E-state index in [2.05, 4.69) is 32.7 Å². The number of methoxy groups -OCH3 is 1. The van der Waals surface area contributed by atoms with Gasteiger partial charge in [0.25, 0.3) is 0 Å². The summed E-state index contributed by atoms with van der Waals surface area (Å²) in [6.07, 6.45) is 1.78. The predicted molar refractivity (Wildman–Crippen MR) is 69.6 cm³/mol. The molecule has 1 rings (SSSR count). The minimum Gasteiger partial charge on any atom is -0.383 e. The van der Waals surface area contributed by atoms with Crippen LogP contribution in [-0.4, -0.2) is 31.8 Å². The number of hydrogen-bond donors (Lipinski definition) is 1. The van der Waals surface area contributed by atoms with Gasteiger partial charge < -0.3 is 15.4 Å². The molecule has 0 saturated carbocycles. The smallest absolute Gasteiger partial charge is 0.133 e. The molecule has 1 heterocycles. The first-order chi connectivity index (χ1) is 7.60. The Morgan fingerprint density at radius 3 is 2.88 bits per heavy atom. The van der Waals surface area contributed by atoms with Crippen molar-refractivity contribution in [2.45, 2.75) is 19.5 Å². The Kier molecular flexibility index (Phi) is 5.18. The molecule has 5 heteroatoms. The summed E-state index contributed by atoms with van der Waals surface area (Å²) in [4.78, 5) is 6.48. The molecule has 1 atom stereocenters. The standard InChI is InChI=1S/C11H18BrN3O/c1-8(7-16-3)15(2)11-9(5-13)4-10(12)6-14-11/h4,6,8H,5,7,13H2,1-3H3. The van der Waals surface area contributed by atoms with Gasteiger partial charge in [0.15, 0.2) is 0 Å². The molecule has 0 radical (unpaired) electrons. The summed E-state index contributed by atoms with van der Waals surface area (Å²) >= 11 is 3.39. The van der Waals surface area contributed by atoms with Gasteiger partial charge >= 0.3 is 0 Å². The summed E-state index contributed by atoms with van der Waals surface area (Å²) in [5.41, 5.74) is 6.74. The van der Waals surface area contributed by atoms with E-state index in [1.165, 1.54) is 0 Å². The van der Waals surface area contributed by atoms with Gasteiger partial charge in [-0.1, -0.05) is 0 Å². The van der Waals surface area contributed by atoms with Crippen LogP contribution >= 0.6 is 15.9 Å². The third-order valence-corrected chi connectivity index (χ3v) is 2.97. The summed E-state index contributed by atoms with van der Waals surface area (Å²) < 4.78 is 6.08. The molecule has 2 N–H and O–H groups in total. The van der Waals surface area contributed by atoms with E-state index in [-0.39, 0.29) is 6.04 Å². The summed E-state index contributed by atoms with van der Waals surface area (Å²) in [7, 11) is 3.70. The molecule has 1 aromatic heterocycles. The van der Waals surface area contributed by atoms with E-state index in [0.29, 0.717) is 13.2 Å².